The number of hydrogen-bond acceptors (Lipinski definition) is 3. The van der Waals surface area contributed by atoms with Crippen LogP contribution < -0.4 is 10.5 Å². The molecule has 2 unspecified atom stereocenters. The minimum Gasteiger partial charge on any atom is -0.497 e. The SMILES string of the molecule is C=CCN(Cc1ccc(OC)cc1)C(=O)C1CC2CCCC(C1)C2N.Cl. The van der Waals surface area contributed by atoms with Crippen LogP contribution in [0.1, 0.15) is 37.7 Å². The standard InChI is InChI=1S/C21H30N2O2.ClH/c1-3-11-23(14-15-7-9-19(25-2)10-8-15)21(24)18-12-16-5-4-6-17(13-18)20(16)22;/h3,7-10,16-18,20H,1,4-6,11-14,22H2,2H3;1H. The minimum absolute atomic E-state index is 0. The molecule has 2 aliphatic carbocycles. The number of rotatable bonds is 6. The molecule has 0 aromatic heterocycles. The number of nitrogens with zero attached hydrogens (tertiary/aromatic N) is 1. The molecule has 1 aromatic carbocycles. The summed E-state index contributed by atoms with van der Waals surface area (Å²) in [5.74, 6) is 2.26. The van der Waals surface area contributed by atoms with Gasteiger partial charge in [0.15, 0.2) is 0 Å². The Hall–Kier alpha value is -1.52. The van der Waals surface area contributed by atoms with E-state index in [-0.39, 0.29) is 24.2 Å². The van der Waals surface area contributed by atoms with E-state index in [1.165, 1.54) is 19.3 Å². The van der Waals surface area contributed by atoms with Gasteiger partial charge in [-0.15, -0.1) is 19.0 Å². The van der Waals surface area contributed by atoms with E-state index >= 15 is 0 Å². The lowest BCUT2D eigenvalue weighted by Crippen LogP contribution is -2.49. The Morgan fingerprint density at radius 3 is 2.42 bits per heavy atom. The Morgan fingerprint density at radius 2 is 1.88 bits per heavy atom. The third-order valence-electron chi connectivity index (χ3n) is 5.96. The fraction of sp³-hybridized carbons (Fsp3) is 0.571. The van der Waals surface area contributed by atoms with Crippen molar-refractivity contribution in [3.63, 3.8) is 0 Å². The molecule has 2 atom stereocenters. The van der Waals surface area contributed by atoms with Gasteiger partial charge in [0, 0.05) is 25.0 Å². The lowest BCUT2D eigenvalue weighted by molar-refractivity contribution is -0.138. The molecule has 0 spiro atoms. The maximum absolute atomic E-state index is 13.2. The second-order valence-electron chi connectivity index (χ2n) is 7.55. The predicted molar refractivity (Wildman–Crippen MR) is 107 cm³/mol. The highest BCUT2D eigenvalue weighted by Crippen LogP contribution is 2.42. The van der Waals surface area contributed by atoms with Gasteiger partial charge in [-0.1, -0.05) is 24.6 Å². The number of ether oxygens (including phenoxy) is 1. The van der Waals surface area contributed by atoms with Gasteiger partial charge >= 0.3 is 0 Å². The molecule has 1 amide bonds. The van der Waals surface area contributed by atoms with Crippen molar-refractivity contribution in [2.45, 2.75) is 44.7 Å². The largest absolute Gasteiger partial charge is 0.497 e. The Kier molecular flexibility index (Phi) is 7.54. The van der Waals surface area contributed by atoms with Crippen LogP contribution in [0.3, 0.4) is 0 Å². The number of halogens is 1. The molecule has 144 valence electrons. The highest BCUT2D eigenvalue weighted by molar-refractivity contribution is 5.85. The average molecular weight is 379 g/mol. The zero-order valence-corrected chi connectivity index (χ0v) is 16.4. The van der Waals surface area contributed by atoms with Crippen LogP contribution in [0.4, 0.5) is 0 Å². The van der Waals surface area contributed by atoms with Crippen molar-refractivity contribution in [3.05, 3.63) is 42.5 Å². The zero-order chi connectivity index (χ0) is 17.8. The average Bonchev–Trinajstić information content (AvgIpc) is 2.61. The highest BCUT2D eigenvalue weighted by Gasteiger charge is 2.41. The quantitative estimate of drug-likeness (QED) is 0.766. The molecule has 26 heavy (non-hydrogen) atoms. The molecule has 0 saturated heterocycles. The number of methoxy groups -OCH3 is 1. The molecule has 2 aliphatic rings. The molecule has 0 aliphatic heterocycles. The van der Waals surface area contributed by atoms with Gasteiger partial charge in [-0.3, -0.25) is 4.79 Å². The fourth-order valence-corrected chi connectivity index (χ4v) is 4.59. The summed E-state index contributed by atoms with van der Waals surface area (Å²) in [6.07, 6.45) is 7.35. The molecular formula is C21H31ClN2O2. The Bertz CT molecular complexity index is 591. The van der Waals surface area contributed by atoms with Crippen LogP contribution in [0.15, 0.2) is 36.9 Å². The van der Waals surface area contributed by atoms with E-state index in [9.17, 15) is 4.79 Å². The smallest absolute Gasteiger partial charge is 0.226 e. The summed E-state index contributed by atoms with van der Waals surface area (Å²) in [5.41, 5.74) is 7.49. The van der Waals surface area contributed by atoms with Gasteiger partial charge in [0.25, 0.3) is 0 Å². The van der Waals surface area contributed by atoms with Crippen LogP contribution in [0, 0.1) is 17.8 Å². The van der Waals surface area contributed by atoms with Gasteiger partial charge in [0.2, 0.25) is 5.91 Å². The van der Waals surface area contributed by atoms with Gasteiger partial charge in [-0.25, -0.2) is 0 Å². The lowest BCUT2D eigenvalue weighted by atomic mass is 9.65. The van der Waals surface area contributed by atoms with Crippen molar-refractivity contribution in [2.75, 3.05) is 13.7 Å². The van der Waals surface area contributed by atoms with E-state index in [0.717, 1.165) is 24.2 Å². The first-order valence-corrected chi connectivity index (χ1v) is 9.40. The van der Waals surface area contributed by atoms with Crippen molar-refractivity contribution in [1.29, 1.82) is 0 Å². The zero-order valence-electron chi connectivity index (χ0n) is 15.6. The Labute approximate surface area is 163 Å². The maximum atomic E-state index is 13.2. The van der Waals surface area contributed by atoms with Crippen LogP contribution in [-0.2, 0) is 11.3 Å². The van der Waals surface area contributed by atoms with Crippen LogP contribution in [-0.4, -0.2) is 30.5 Å². The van der Waals surface area contributed by atoms with Crippen LogP contribution in [0.2, 0.25) is 0 Å². The predicted octanol–water partition coefficient (Wildman–Crippen LogP) is 3.79. The van der Waals surface area contributed by atoms with E-state index in [1.54, 1.807) is 7.11 Å². The molecule has 3 rings (SSSR count). The summed E-state index contributed by atoms with van der Waals surface area (Å²) < 4.78 is 5.21. The number of hydrogen-bond donors (Lipinski definition) is 1. The van der Waals surface area contributed by atoms with Gasteiger partial charge in [-0.2, -0.15) is 0 Å². The molecule has 2 fully saturated rings. The number of benzene rings is 1. The number of nitrogens with two attached hydrogens (primary N) is 1. The molecule has 0 radical (unpaired) electrons. The van der Waals surface area contributed by atoms with Gasteiger partial charge in [0.05, 0.1) is 7.11 Å². The fourth-order valence-electron chi connectivity index (χ4n) is 4.59. The number of fused-ring (bicyclic) bond motifs is 2. The Balaban J connectivity index is 0.00000243. The first kappa shape index (κ1) is 20.8. The summed E-state index contributed by atoms with van der Waals surface area (Å²) in [4.78, 5) is 15.1. The lowest BCUT2D eigenvalue weighted by Gasteiger charge is -2.44. The topological polar surface area (TPSA) is 55.6 Å². The normalized spacial score (nSPS) is 27.2. The number of carbonyl (C=O) groups excluding carboxylic acids is 1. The highest BCUT2D eigenvalue weighted by atomic mass is 35.5. The van der Waals surface area contributed by atoms with E-state index < -0.39 is 0 Å². The van der Waals surface area contributed by atoms with Crippen molar-refractivity contribution in [1.82, 2.24) is 4.90 Å². The monoisotopic (exact) mass is 378 g/mol. The third kappa shape index (κ3) is 4.60. The first-order chi connectivity index (χ1) is 12.1. The molecule has 0 heterocycles. The van der Waals surface area contributed by atoms with E-state index in [4.69, 9.17) is 10.5 Å². The summed E-state index contributed by atoms with van der Waals surface area (Å²) in [6, 6.07) is 8.22. The molecule has 2 bridgehead atoms. The summed E-state index contributed by atoms with van der Waals surface area (Å²) >= 11 is 0. The van der Waals surface area contributed by atoms with Crippen LogP contribution in [0.25, 0.3) is 0 Å². The Morgan fingerprint density at radius 1 is 1.27 bits per heavy atom. The molecule has 4 nitrogen and oxygen atoms in total. The minimum atomic E-state index is 0. The van der Waals surface area contributed by atoms with Crippen molar-refractivity contribution < 1.29 is 9.53 Å². The van der Waals surface area contributed by atoms with Crippen molar-refractivity contribution in [2.24, 2.45) is 23.5 Å². The first-order valence-electron chi connectivity index (χ1n) is 9.40. The van der Waals surface area contributed by atoms with Crippen LogP contribution in [0.5, 0.6) is 5.75 Å². The van der Waals surface area contributed by atoms with Gasteiger partial charge < -0.3 is 15.4 Å². The van der Waals surface area contributed by atoms with Crippen molar-refractivity contribution >= 4 is 18.3 Å². The van der Waals surface area contributed by atoms with Gasteiger partial charge in [-0.05, 0) is 55.2 Å². The summed E-state index contributed by atoms with van der Waals surface area (Å²) in [7, 11) is 1.66. The molecule has 1 aromatic rings. The van der Waals surface area contributed by atoms with Crippen LogP contribution >= 0.6 is 12.4 Å². The van der Waals surface area contributed by atoms with Gasteiger partial charge in [0.1, 0.15) is 5.75 Å². The number of carbonyl (C=O) groups is 1. The van der Waals surface area contributed by atoms with E-state index in [1.807, 2.05) is 35.2 Å². The molecular weight excluding hydrogens is 348 g/mol. The number of amides is 1. The second-order valence-corrected chi connectivity index (χ2v) is 7.55. The third-order valence-corrected chi connectivity index (χ3v) is 5.96. The molecule has 5 heteroatoms. The summed E-state index contributed by atoms with van der Waals surface area (Å²) in [5, 5.41) is 0. The van der Waals surface area contributed by atoms with E-state index in [2.05, 4.69) is 6.58 Å². The summed E-state index contributed by atoms with van der Waals surface area (Å²) in [6.45, 7) is 5.04. The molecule has 2 saturated carbocycles. The molecule has 2 N–H and O–H groups in total. The van der Waals surface area contributed by atoms with E-state index in [0.29, 0.717) is 31.0 Å². The maximum Gasteiger partial charge on any atom is 0.226 e. The second kappa shape index (κ2) is 9.43. The van der Waals surface area contributed by atoms with Crippen molar-refractivity contribution in [3.8, 4) is 5.75 Å².